The van der Waals surface area contributed by atoms with Crippen molar-refractivity contribution in [2.45, 2.75) is 33.6 Å². The Kier molecular flexibility index (Phi) is 7.16. The molecule has 0 saturated carbocycles. The number of carbonyl (C=O) groups excluding carboxylic acids is 2. The lowest BCUT2D eigenvalue weighted by molar-refractivity contribution is 0.0749. The van der Waals surface area contributed by atoms with Crippen LogP contribution in [-0.4, -0.2) is 34.8 Å². The average Bonchev–Trinajstić information content (AvgIpc) is 2.64. The van der Waals surface area contributed by atoms with E-state index in [4.69, 9.17) is 11.6 Å². The normalized spacial score (nSPS) is 10.5. The van der Waals surface area contributed by atoms with Crippen molar-refractivity contribution in [1.29, 1.82) is 0 Å². The minimum Gasteiger partial charge on any atom is -0.337 e. The Morgan fingerprint density at radius 3 is 2.35 bits per heavy atom. The molecule has 1 heterocycles. The number of anilines is 1. The summed E-state index contributed by atoms with van der Waals surface area (Å²) in [5.41, 5.74) is 1.99. The molecule has 0 radical (unpaired) electrons. The first kappa shape index (κ1) is 19.9. The molecule has 1 N–H and O–H groups in total. The summed E-state index contributed by atoms with van der Waals surface area (Å²) >= 11 is 6.09. The maximum atomic E-state index is 12.7. The Balaban J connectivity index is 2.17. The molecule has 1 aromatic carbocycles. The summed E-state index contributed by atoms with van der Waals surface area (Å²) in [6.07, 6.45) is 1.75. The van der Waals surface area contributed by atoms with Crippen molar-refractivity contribution in [3.63, 3.8) is 0 Å². The number of nitrogens with zero attached hydrogens (tertiary/aromatic N) is 2. The molecule has 0 aliphatic heterocycles. The van der Waals surface area contributed by atoms with E-state index < -0.39 is 0 Å². The van der Waals surface area contributed by atoms with Crippen molar-refractivity contribution in [1.82, 2.24) is 9.88 Å². The standard InChI is InChI=1S/C20H24ClN3O2/c1-4-11-24(12-5-2)20(26)18-8-6-7-17(23-18)19(25)22-15-10-9-14(3)16(21)13-15/h6-10,13H,4-5,11-12H2,1-3H3,(H,22,25). The van der Waals surface area contributed by atoms with Gasteiger partial charge in [-0.05, 0) is 49.6 Å². The van der Waals surface area contributed by atoms with Crippen LogP contribution < -0.4 is 5.32 Å². The molecule has 0 unspecified atom stereocenters. The molecular formula is C20H24ClN3O2. The number of halogens is 1. The molecule has 2 rings (SSSR count). The van der Waals surface area contributed by atoms with Gasteiger partial charge in [0.2, 0.25) is 0 Å². The van der Waals surface area contributed by atoms with E-state index in [1.807, 2.05) is 26.8 Å². The van der Waals surface area contributed by atoms with Gasteiger partial charge in [-0.3, -0.25) is 9.59 Å². The van der Waals surface area contributed by atoms with Gasteiger partial charge in [0.1, 0.15) is 11.4 Å². The Morgan fingerprint density at radius 1 is 1.08 bits per heavy atom. The second kappa shape index (κ2) is 9.34. The smallest absolute Gasteiger partial charge is 0.274 e. The van der Waals surface area contributed by atoms with Crippen molar-refractivity contribution in [3.05, 3.63) is 58.4 Å². The fourth-order valence-corrected chi connectivity index (χ4v) is 2.74. The highest BCUT2D eigenvalue weighted by atomic mass is 35.5. The minimum atomic E-state index is -0.378. The molecule has 5 nitrogen and oxygen atoms in total. The largest absolute Gasteiger partial charge is 0.337 e. The monoisotopic (exact) mass is 373 g/mol. The lowest BCUT2D eigenvalue weighted by atomic mass is 10.2. The van der Waals surface area contributed by atoms with Crippen LogP contribution in [0.1, 0.15) is 53.2 Å². The second-order valence-electron chi connectivity index (χ2n) is 6.12. The van der Waals surface area contributed by atoms with Gasteiger partial charge in [-0.25, -0.2) is 4.98 Å². The molecular weight excluding hydrogens is 350 g/mol. The summed E-state index contributed by atoms with van der Waals surface area (Å²) < 4.78 is 0. The topological polar surface area (TPSA) is 62.3 Å². The number of benzene rings is 1. The van der Waals surface area contributed by atoms with E-state index in [9.17, 15) is 9.59 Å². The molecule has 2 aromatic rings. The van der Waals surface area contributed by atoms with Gasteiger partial charge in [0.05, 0.1) is 0 Å². The maximum absolute atomic E-state index is 12.7. The summed E-state index contributed by atoms with van der Waals surface area (Å²) in [6, 6.07) is 10.2. The molecule has 138 valence electrons. The van der Waals surface area contributed by atoms with Gasteiger partial charge in [-0.15, -0.1) is 0 Å². The first-order chi connectivity index (χ1) is 12.5. The Morgan fingerprint density at radius 2 is 1.73 bits per heavy atom. The first-order valence-corrected chi connectivity index (χ1v) is 9.17. The molecule has 0 saturated heterocycles. The quantitative estimate of drug-likeness (QED) is 0.773. The molecule has 0 aliphatic rings. The number of aromatic nitrogens is 1. The highest BCUT2D eigenvalue weighted by Crippen LogP contribution is 2.20. The van der Waals surface area contributed by atoms with Crippen molar-refractivity contribution >= 4 is 29.1 Å². The van der Waals surface area contributed by atoms with E-state index in [0.29, 0.717) is 23.8 Å². The number of pyridine rings is 1. The van der Waals surface area contributed by atoms with Crippen LogP contribution in [0.15, 0.2) is 36.4 Å². The van der Waals surface area contributed by atoms with E-state index in [1.54, 1.807) is 35.2 Å². The van der Waals surface area contributed by atoms with Crippen LogP contribution in [0.25, 0.3) is 0 Å². The molecule has 0 aliphatic carbocycles. The van der Waals surface area contributed by atoms with Gasteiger partial charge in [-0.1, -0.05) is 37.6 Å². The van der Waals surface area contributed by atoms with E-state index in [-0.39, 0.29) is 23.2 Å². The average molecular weight is 374 g/mol. The van der Waals surface area contributed by atoms with E-state index in [1.165, 1.54) is 0 Å². The summed E-state index contributed by atoms with van der Waals surface area (Å²) in [5.74, 6) is -0.529. The minimum absolute atomic E-state index is 0.151. The molecule has 0 spiro atoms. The van der Waals surface area contributed by atoms with Gasteiger partial charge < -0.3 is 10.2 Å². The Hall–Kier alpha value is -2.40. The molecule has 1 aromatic heterocycles. The predicted octanol–water partition coefficient (Wildman–Crippen LogP) is 4.56. The summed E-state index contributed by atoms with van der Waals surface area (Å²) in [7, 11) is 0. The number of rotatable bonds is 7. The fourth-order valence-electron chi connectivity index (χ4n) is 2.56. The highest BCUT2D eigenvalue weighted by molar-refractivity contribution is 6.31. The third-order valence-corrected chi connectivity index (χ3v) is 4.31. The van der Waals surface area contributed by atoms with Gasteiger partial charge in [0, 0.05) is 23.8 Å². The predicted molar refractivity (Wildman–Crippen MR) is 105 cm³/mol. The lowest BCUT2D eigenvalue weighted by Crippen LogP contribution is -2.33. The number of carbonyl (C=O) groups is 2. The summed E-state index contributed by atoms with van der Waals surface area (Å²) in [5, 5.41) is 3.34. The number of amides is 2. The Labute approximate surface area is 159 Å². The molecule has 0 atom stereocenters. The van der Waals surface area contributed by atoms with Gasteiger partial charge in [0.15, 0.2) is 0 Å². The zero-order chi connectivity index (χ0) is 19.1. The molecule has 26 heavy (non-hydrogen) atoms. The van der Waals surface area contributed by atoms with Gasteiger partial charge in [-0.2, -0.15) is 0 Å². The molecule has 0 fully saturated rings. The van der Waals surface area contributed by atoms with Crippen LogP contribution in [-0.2, 0) is 0 Å². The van der Waals surface area contributed by atoms with Crippen LogP contribution in [0.5, 0.6) is 0 Å². The van der Waals surface area contributed by atoms with Crippen LogP contribution in [0.2, 0.25) is 5.02 Å². The van der Waals surface area contributed by atoms with Crippen LogP contribution in [0, 0.1) is 6.92 Å². The third-order valence-electron chi connectivity index (χ3n) is 3.90. The second-order valence-corrected chi connectivity index (χ2v) is 6.53. The van der Waals surface area contributed by atoms with Crippen molar-refractivity contribution in [2.75, 3.05) is 18.4 Å². The Bertz CT molecular complexity index is 786. The van der Waals surface area contributed by atoms with Gasteiger partial charge in [0.25, 0.3) is 11.8 Å². The summed E-state index contributed by atoms with van der Waals surface area (Å²) in [4.78, 5) is 31.1. The maximum Gasteiger partial charge on any atom is 0.274 e. The molecule has 2 amide bonds. The van der Waals surface area contributed by atoms with Crippen LogP contribution in [0.3, 0.4) is 0 Å². The SMILES string of the molecule is CCCN(CCC)C(=O)c1cccc(C(=O)Nc2ccc(C)c(Cl)c2)n1. The van der Waals surface area contributed by atoms with Crippen molar-refractivity contribution < 1.29 is 9.59 Å². The fraction of sp³-hybridized carbons (Fsp3) is 0.350. The van der Waals surface area contributed by atoms with E-state index >= 15 is 0 Å². The molecule has 6 heteroatoms. The van der Waals surface area contributed by atoms with Crippen molar-refractivity contribution in [3.8, 4) is 0 Å². The van der Waals surface area contributed by atoms with E-state index in [2.05, 4.69) is 10.3 Å². The zero-order valence-electron chi connectivity index (χ0n) is 15.4. The lowest BCUT2D eigenvalue weighted by Gasteiger charge is -2.21. The highest BCUT2D eigenvalue weighted by Gasteiger charge is 2.17. The molecule has 0 bridgehead atoms. The number of hydrogen-bond acceptors (Lipinski definition) is 3. The van der Waals surface area contributed by atoms with Gasteiger partial charge >= 0.3 is 0 Å². The zero-order valence-corrected chi connectivity index (χ0v) is 16.1. The number of hydrogen-bond donors (Lipinski definition) is 1. The third kappa shape index (κ3) is 5.05. The summed E-state index contributed by atoms with van der Waals surface area (Å²) in [6.45, 7) is 7.29. The van der Waals surface area contributed by atoms with Crippen LogP contribution in [0.4, 0.5) is 5.69 Å². The van der Waals surface area contributed by atoms with Crippen LogP contribution >= 0.6 is 11.6 Å². The first-order valence-electron chi connectivity index (χ1n) is 8.80. The number of aryl methyl sites for hydroxylation is 1. The number of nitrogens with one attached hydrogen (secondary N) is 1. The van der Waals surface area contributed by atoms with Crippen molar-refractivity contribution in [2.24, 2.45) is 0 Å². The van der Waals surface area contributed by atoms with E-state index in [0.717, 1.165) is 18.4 Å².